The van der Waals surface area contributed by atoms with Crippen LogP contribution in [-0.2, 0) is 4.79 Å². The third kappa shape index (κ3) is 1.88. The van der Waals surface area contributed by atoms with Gasteiger partial charge in [0.25, 0.3) is 0 Å². The van der Waals surface area contributed by atoms with Gasteiger partial charge in [0.1, 0.15) is 0 Å². The van der Waals surface area contributed by atoms with E-state index < -0.39 is 0 Å². The molecule has 4 heteroatoms. The van der Waals surface area contributed by atoms with Crippen LogP contribution >= 0.6 is 0 Å². The van der Waals surface area contributed by atoms with Gasteiger partial charge in [0.2, 0.25) is 0 Å². The molecule has 0 aromatic carbocycles. The average Bonchev–Trinajstić information content (AvgIpc) is 2.73. The van der Waals surface area contributed by atoms with Gasteiger partial charge >= 0.3 is 0 Å². The fourth-order valence-electron chi connectivity index (χ4n) is 3.68. The highest BCUT2D eigenvalue weighted by Crippen LogP contribution is 2.45. The number of carbonyl (C=O) groups is 1. The first-order valence-corrected chi connectivity index (χ1v) is 7.10. The highest BCUT2D eigenvalue weighted by Gasteiger charge is 2.44. The Morgan fingerprint density at radius 2 is 1.94 bits per heavy atom. The summed E-state index contributed by atoms with van der Waals surface area (Å²) in [5.74, 6) is 0.358. The van der Waals surface area contributed by atoms with Gasteiger partial charge in [-0.25, -0.2) is 5.43 Å². The number of allylic oxidation sites excluding steroid dienone is 1. The quantitative estimate of drug-likeness (QED) is 0.733. The van der Waals surface area contributed by atoms with E-state index in [1.807, 2.05) is 0 Å². The van der Waals surface area contributed by atoms with Crippen molar-refractivity contribution in [2.75, 3.05) is 19.6 Å². The van der Waals surface area contributed by atoms with Crippen LogP contribution in [-0.4, -0.2) is 36.5 Å². The third-order valence-electron chi connectivity index (χ3n) is 4.61. The van der Waals surface area contributed by atoms with Crippen LogP contribution in [0.2, 0.25) is 0 Å². The second kappa shape index (κ2) is 4.35. The molecular formula is C14H23N3O. The molecule has 0 saturated carbocycles. The largest absolute Gasteiger partial charge is 0.317 e. The molecule has 0 atom stereocenters. The second-order valence-corrected chi connectivity index (χ2v) is 6.28. The highest BCUT2D eigenvalue weighted by molar-refractivity contribution is 5.97. The summed E-state index contributed by atoms with van der Waals surface area (Å²) in [5.41, 5.74) is 5.96. The van der Waals surface area contributed by atoms with E-state index in [1.165, 1.54) is 5.57 Å². The lowest BCUT2D eigenvalue weighted by Gasteiger charge is -2.41. The Balaban J connectivity index is 1.87. The first kappa shape index (κ1) is 12.2. The highest BCUT2D eigenvalue weighted by atomic mass is 16.1. The number of Topliss-reactive ketones (excluding diaryl/α,β-unsaturated/α-hetero) is 1. The van der Waals surface area contributed by atoms with E-state index in [4.69, 9.17) is 0 Å². The molecule has 4 nitrogen and oxygen atoms in total. The summed E-state index contributed by atoms with van der Waals surface area (Å²) >= 11 is 0. The molecule has 0 aromatic rings. The fraction of sp³-hybridized carbons (Fsp3) is 0.786. The average molecular weight is 249 g/mol. The number of hydrazine groups is 1. The zero-order valence-corrected chi connectivity index (χ0v) is 11.4. The van der Waals surface area contributed by atoms with E-state index in [9.17, 15) is 4.79 Å². The Labute approximate surface area is 109 Å². The van der Waals surface area contributed by atoms with Crippen molar-refractivity contribution in [3.63, 3.8) is 0 Å². The monoisotopic (exact) mass is 249 g/mol. The second-order valence-electron chi connectivity index (χ2n) is 6.28. The van der Waals surface area contributed by atoms with Crippen molar-refractivity contribution in [1.29, 1.82) is 0 Å². The molecule has 1 saturated heterocycles. The zero-order chi connectivity index (χ0) is 12.8. The van der Waals surface area contributed by atoms with Crippen LogP contribution in [0.1, 0.15) is 39.5 Å². The molecule has 2 heterocycles. The summed E-state index contributed by atoms with van der Waals surface area (Å²) < 4.78 is 0. The molecular weight excluding hydrogens is 226 g/mol. The smallest absolute Gasteiger partial charge is 0.180 e. The Hall–Kier alpha value is -0.870. The molecule has 3 rings (SSSR count). The Morgan fingerprint density at radius 3 is 2.61 bits per heavy atom. The fourth-order valence-corrected chi connectivity index (χ4v) is 3.68. The van der Waals surface area contributed by atoms with Crippen molar-refractivity contribution in [2.45, 2.75) is 45.6 Å². The lowest BCUT2D eigenvalue weighted by atomic mass is 9.67. The van der Waals surface area contributed by atoms with Crippen molar-refractivity contribution < 1.29 is 4.79 Å². The number of carbonyl (C=O) groups excluding carboxylic acids is 1. The summed E-state index contributed by atoms with van der Waals surface area (Å²) in [6.45, 7) is 7.26. The van der Waals surface area contributed by atoms with E-state index >= 15 is 0 Å². The molecule has 0 unspecified atom stereocenters. The minimum absolute atomic E-state index is 0.260. The van der Waals surface area contributed by atoms with Crippen LogP contribution < -0.4 is 10.7 Å². The third-order valence-corrected chi connectivity index (χ3v) is 4.61. The summed E-state index contributed by atoms with van der Waals surface area (Å²) in [7, 11) is 0. The molecule has 3 aliphatic rings. The molecule has 0 aromatic heterocycles. The molecule has 1 fully saturated rings. The normalized spacial score (nSPS) is 27.3. The number of piperidine rings is 1. The number of ketones is 1. The molecule has 2 N–H and O–H groups in total. The lowest BCUT2D eigenvalue weighted by Crippen LogP contribution is -2.43. The van der Waals surface area contributed by atoms with Crippen LogP contribution in [0.3, 0.4) is 0 Å². The first-order chi connectivity index (χ1) is 8.61. The van der Waals surface area contributed by atoms with Gasteiger partial charge in [-0.1, -0.05) is 0 Å². The molecule has 0 bridgehead atoms. The predicted octanol–water partition coefficient (Wildman–Crippen LogP) is 1.20. The maximum absolute atomic E-state index is 12.5. The van der Waals surface area contributed by atoms with Crippen molar-refractivity contribution in [2.24, 2.45) is 5.41 Å². The number of hydrogen-bond donors (Lipinski definition) is 2. The van der Waals surface area contributed by atoms with E-state index in [-0.39, 0.29) is 5.41 Å². The number of rotatable bonds is 1. The Morgan fingerprint density at radius 1 is 1.22 bits per heavy atom. The number of hydrogen-bond acceptors (Lipinski definition) is 4. The van der Waals surface area contributed by atoms with Gasteiger partial charge in [-0.05, 0) is 57.2 Å². The SMILES string of the molecule is CC(C)N1NCC2=C1C(=O)CC1(CCNCC1)C2. The molecule has 1 aliphatic carbocycles. The predicted molar refractivity (Wildman–Crippen MR) is 70.8 cm³/mol. The summed E-state index contributed by atoms with van der Waals surface area (Å²) in [5, 5.41) is 5.48. The van der Waals surface area contributed by atoms with E-state index in [1.54, 1.807) is 0 Å². The number of nitrogens with zero attached hydrogens (tertiary/aromatic N) is 1. The number of nitrogens with one attached hydrogen (secondary N) is 2. The molecule has 1 spiro atoms. The lowest BCUT2D eigenvalue weighted by molar-refractivity contribution is -0.121. The first-order valence-electron chi connectivity index (χ1n) is 7.10. The van der Waals surface area contributed by atoms with Gasteiger partial charge in [0.15, 0.2) is 5.78 Å². The summed E-state index contributed by atoms with van der Waals surface area (Å²) in [4.78, 5) is 12.5. The van der Waals surface area contributed by atoms with Crippen molar-refractivity contribution in [3.05, 3.63) is 11.3 Å². The zero-order valence-electron chi connectivity index (χ0n) is 11.4. The maximum Gasteiger partial charge on any atom is 0.180 e. The molecule has 2 aliphatic heterocycles. The standard InChI is InChI=1S/C14H23N3O/c1-10(2)17-13-11(9-16-17)7-14(8-12(13)18)3-5-15-6-4-14/h10,15-16H,3-9H2,1-2H3. The summed E-state index contributed by atoms with van der Waals surface area (Å²) in [6, 6.07) is 0.350. The van der Waals surface area contributed by atoms with Gasteiger partial charge in [0.05, 0.1) is 5.70 Å². The van der Waals surface area contributed by atoms with Crippen LogP contribution in [0, 0.1) is 5.41 Å². The van der Waals surface area contributed by atoms with E-state index in [0.717, 1.165) is 51.0 Å². The van der Waals surface area contributed by atoms with Gasteiger partial charge in [-0.3, -0.25) is 4.79 Å². The molecule has 18 heavy (non-hydrogen) atoms. The van der Waals surface area contributed by atoms with Gasteiger partial charge in [-0.2, -0.15) is 0 Å². The minimum Gasteiger partial charge on any atom is -0.317 e. The maximum atomic E-state index is 12.5. The van der Waals surface area contributed by atoms with Gasteiger partial charge in [-0.15, -0.1) is 0 Å². The topological polar surface area (TPSA) is 44.4 Å². The molecule has 0 amide bonds. The van der Waals surface area contributed by atoms with Crippen molar-refractivity contribution in [3.8, 4) is 0 Å². The van der Waals surface area contributed by atoms with Crippen molar-refractivity contribution in [1.82, 2.24) is 15.8 Å². The van der Waals surface area contributed by atoms with Crippen LogP contribution in [0.15, 0.2) is 11.3 Å². The van der Waals surface area contributed by atoms with Crippen LogP contribution in [0.4, 0.5) is 0 Å². The van der Waals surface area contributed by atoms with Crippen molar-refractivity contribution >= 4 is 5.78 Å². The molecule has 0 radical (unpaired) electrons. The van der Waals surface area contributed by atoms with Gasteiger partial charge < -0.3 is 10.3 Å². The summed E-state index contributed by atoms with van der Waals surface area (Å²) in [6.07, 6.45) is 4.17. The van der Waals surface area contributed by atoms with E-state index in [2.05, 4.69) is 29.6 Å². The van der Waals surface area contributed by atoms with E-state index in [0.29, 0.717) is 11.8 Å². The van der Waals surface area contributed by atoms with Crippen LogP contribution in [0.5, 0.6) is 0 Å². The molecule has 100 valence electrons. The van der Waals surface area contributed by atoms with Gasteiger partial charge in [0, 0.05) is 19.0 Å². The Bertz CT molecular complexity index is 394. The van der Waals surface area contributed by atoms with Crippen LogP contribution in [0.25, 0.3) is 0 Å². The Kier molecular flexibility index (Phi) is 2.94. The minimum atomic E-state index is 0.260.